The quantitative estimate of drug-likeness (QED) is 0.496. The van der Waals surface area contributed by atoms with E-state index in [-0.39, 0.29) is 27.5 Å². The molecule has 0 N–H and O–H groups in total. The number of urea groups is 1. The van der Waals surface area contributed by atoms with Crippen LogP contribution in [0, 0.1) is 0 Å². The van der Waals surface area contributed by atoms with Crippen LogP contribution >= 0.6 is 11.3 Å². The van der Waals surface area contributed by atoms with Gasteiger partial charge in [-0.05, 0) is 18.6 Å². The fourth-order valence-electron chi connectivity index (χ4n) is 2.42. The molecular weight excluding hydrogens is 396 g/mol. The Morgan fingerprint density at radius 2 is 2.22 bits per heavy atom. The Morgan fingerprint density at radius 1 is 1.44 bits per heavy atom. The highest BCUT2D eigenvalue weighted by molar-refractivity contribution is 7.93. The van der Waals surface area contributed by atoms with Crippen molar-refractivity contribution in [2.24, 2.45) is 0 Å². The molecular formula is C15H18N4O6S2. The first kappa shape index (κ1) is 19.3. The molecule has 2 amide bonds. The SMILES string of the molecule is CCCCS(=O)(=O)c1nnc(N2C(=O)N(C)CC2OC(=O)c2ccco2)s1. The van der Waals surface area contributed by atoms with Crippen molar-refractivity contribution in [2.75, 3.05) is 24.2 Å². The first-order valence-corrected chi connectivity index (χ1v) is 10.7. The molecule has 3 rings (SSSR count). The van der Waals surface area contributed by atoms with Gasteiger partial charge in [0, 0.05) is 7.05 Å². The summed E-state index contributed by atoms with van der Waals surface area (Å²) in [7, 11) is -2.03. The van der Waals surface area contributed by atoms with Crippen LogP contribution in [0.25, 0.3) is 0 Å². The van der Waals surface area contributed by atoms with Crippen LogP contribution in [0.5, 0.6) is 0 Å². The Morgan fingerprint density at radius 3 is 2.89 bits per heavy atom. The van der Waals surface area contributed by atoms with Gasteiger partial charge in [-0.1, -0.05) is 24.7 Å². The highest BCUT2D eigenvalue weighted by Gasteiger charge is 2.41. The van der Waals surface area contributed by atoms with Gasteiger partial charge in [0.25, 0.3) is 0 Å². The smallest absolute Gasteiger partial charge is 0.376 e. The number of carbonyl (C=O) groups is 2. The van der Waals surface area contributed by atoms with Crippen LogP contribution in [-0.4, -0.2) is 61.1 Å². The molecule has 10 nitrogen and oxygen atoms in total. The molecule has 3 heterocycles. The lowest BCUT2D eigenvalue weighted by atomic mass is 10.4. The second-order valence-electron chi connectivity index (χ2n) is 5.89. The molecule has 1 unspecified atom stereocenters. The molecule has 1 fully saturated rings. The molecule has 2 aromatic rings. The molecule has 27 heavy (non-hydrogen) atoms. The summed E-state index contributed by atoms with van der Waals surface area (Å²) in [5.41, 5.74) is 0. The molecule has 146 valence electrons. The summed E-state index contributed by atoms with van der Waals surface area (Å²) in [4.78, 5) is 27.0. The number of sulfone groups is 1. The van der Waals surface area contributed by atoms with Crippen molar-refractivity contribution in [2.45, 2.75) is 30.3 Å². The van der Waals surface area contributed by atoms with E-state index < -0.39 is 28.1 Å². The van der Waals surface area contributed by atoms with Crippen LogP contribution in [0.3, 0.4) is 0 Å². The number of furan rings is 1. The van der Waals surface area contributed by atoms with Gasteiger partial charge < -0.3 is 14.1 Å². The minimum atomic E-state index is -3.57. The van der Waals surface area contributed by atoms with E-state index in [0.717, 1.165) is 22.7 Å². The van der Waals surface area contributed by atoms with Gasteiger partial charge >= 0.3 is 12.0 Å². The zero-order valence-corrected chi connectivity index (χ0v) is 16.3. The molecule has 0 spiro atoms. The van der Waals surface area contributed by atoms with Gasteiger partial charge in [-0.3, -0.25) is 0 Å². The highest BCUT2D eigenvalue weighted by atomic mass is 32.2. The largest absolute Gasteiger partial charge is 0.457 e. The Balaban J connectivity index is 1.82. The zero-order chi connectivity index (χ0) is 19.6. The molecule has 12 heteroatoms. The van der Waals surface area contributed by atoms with E-state index in [2.05, 4.69) is 10.2 Å². The van der Waals surface area contributed by atoms with Gasteiger partial charge in [-0.2, -0.15) is 0 Å². The third-order valence-electron chi connectivity index (χ3n) is 3.85. The topological polar surface area (TPSA) is 123 Å². The van der Waals surface area contributed by atoms with Gasteiger partial charge in [-0.15, -0.1) is 10.2 Å². The minimum Gasteiger partial charge on any atom is -0.457 e. The maximum absolute atomic E-state index is 12.4. The Labute approximate surface area is 159 Å². The molecule has 1 atom stereocenters. The van der Waals surface area contributed by atoms with Crippen molar-refractivity contribution < 1.29 is 27.2 Å². The second kappa shape index (κ2) is 7.64. The lowest BCUT2D eigenvalue weighted by molar-refractivity contribution is 0.0295. The van der Waals surface area contributed by atoms with E-state index in [1.807, 2.05) is 6.92 Å². The van der Waals surface area contributed by atoms with Crippen LogP contribution in [0.15, 0.2) is 27.2 Å². The normalized spacial score (nSPS) is 17.6. The molecule has 0 bridgehead atoms. The summed E-state index contributed by atoms with van der Waals surface area (Å²) in [6, 6.07) is 2.51. The fourth-order valence-corrected chi connectivity index (χ4v) is 5.02. The Kier molecular flexibility index (Phi) is 5.46. The van der Waals surface area contributed by atoms with Crippen LogP contribution in [0.2, 0.25) is 0 Å². The van der Waals surface area contributed by atoms with Gasteiger partial charge in [-0.25, -0.2) is 22.9 Å². The molecule has 0 radical (unpaired) electrons. The van der Waals surface area contributed by atoms with Crippen molar-refractivity contribution in [1.82, 2.24) is 15.1 Å². The van der Waals surface area contributed by atoms with Crippen molar-refractivity contribution in [3.05, 3.63) is 24.2 Å². The molecule has 0 saturated carbocycles. The monoisotopic (exact) mass is 414 g/mol. The fraction of sp³-hybridized carbons (Fsp3) is 0.467. The average Bonchev–Trinajstić information content (AvgIpc) is 3.35. The van der Waals surface area contributed by atoms with Gasteiger partial charge in [0.05, 0.1) is 18.6 Å². The summed E-state index contributed by atoms with van der Waals surface area (Å²) in [5, 5.41) is 7.60. The third-order valence-corrected chi connectivity index (χ3v) is 7.02. The van der Waals surface area contributed by atoms with E-state index in [0.29, 0.717) is 6.42 Å². The predicted molar refractivity (Wildman–Crippen MR) is 95.3 cm³/mol. The second-order valence-corrected chi connectivity index (χ2v) is 9.13. The maximum atomic E-state index is 12.4. The molecule has 1 saturated heterocycles. The number of rotatable bonds is 7. The summed E-state index contributed by atoms with van der Waals surface area (Å²) < 4.78 is 34.7. The number of anilines is 1. The van der Waals surface area contributed by atoms with E-state index >= 15 is 0 Å². The van der Waals surface area contributed by atoms with Crippen LogP contribution in [-0.2, 0) is 14.6 Å². The van der Waals surface area contributed by atoms with Crippen LogP contribution < -0.4 is 4.90 Å². The van der Waals surface area contributed by atoms with Crippen molar-refractivity contribution >= 4 is 38.3 Å². The van der Waals surface area contributed by atoms with E-state index in [1.165, 1.54) is 24.3 Å². The zero-order valence-electron chi connectivity index (χ0n) is 14.7. The third kappa shape index (κ3) is 3.95. The number of esters is 1. The lowest BCUT2D eigenvalue weighted by Crippen LogP contribution is -2.37. The lowest BCUT2D eigenvalue weighted by Gasteiger charge is -2.19. The van der Waals surface area contributed by atoms with E-state index in [4.69, 9.17) is 9.15 Å². The minimum absolute atomic E-state index is 0.00273. The average molecular weight is 414 g/mol. The summed E-state index contributed by atoms with van der Waals surface area (Å²) in [6.07, 6.45) is 1.59. The molecule has 2 aromatic heterocycles. The number of hydrogen-bond donors (Lipinski definition) is 0. The molecule has 1 aliphatic rings. The number of carbonyl (C=O) groups excluding carboxylic acids is 2. The molecule has 0 aromatic carbocycles. The maximum Gasteiger partial charge on any atom is 0.376 e. The van der Waals surface area contributed by atoms with Crippen LogP contribution in [0.1, 0.15) is 30.3 Å². The van der Waals surface area contributed by atoms with E-state index in [9.17, 15) is 18.0 Å². The number of hydrogen-bond acceptors (Lipinski definition) is 9. The van der Waals surface area contributed by atoms with E-state index in [1.54, 1.807) is 6.07 Å². The number of ether oxygens (including phenoxy) is 1. The number of amides is 2. The van der Waals surface area contributed by atoms with Crippen molar-refractivity contribution in [3.8, 4) is 0 Å². The summed E-state index contributed by atoms with van der Waals surface area (Å²) in [6.45, 7) is 1.99. The summed E-state index contributed by atoms with van der Waals surface area (Å²) in [5.74, 6) is -0.779. The van der Waals surface area contributed by atoms with Gasteiger partial charge in [0.15, 0.2) is 0 Å². The Bertz CT molecular complexity index is 924. The molecule has 0 aliphatic carbocycles. The molecule has 1 aliphatic heterocycles. The standard InChI is InChI=1S/C15H18N4O6S2/c1-3-4-8-27(22,23)14-17-16-13(26-14)19-11(9-18(2)15(19)21)25-12(20)10-6-5-7-24-10/h5-7,11H,3-4,8-9H2,1-2H3. The first-order chi connectivity index (χ1) is 12.8. The van der Waals surface area contributed by atoms with Gasteiger partial charge in [0.1, 0.15) is 0 Å². The number of unbranched alkanes of at least 4 members (excludes halogenated alkanes) is 1. The summed E-state index contributed by atoms with van der Waals surface area (Å²) >= 11 is 0.775. The number of nitrogens with zero attached hydrogens (tertiary/aromatic N) is 4. The van der Waals surface area contributed by atoms with Crippen molar-refractivity contribution in [1.29, 1.82) is 0 Å². The first-order valence-electron chi connectivity index (χ1n) is 8.18. The van der Waals surface area contributed by atoms with Crippen molar-refractivity contribution in [3.63, 3.8) is 0 Å². The van der Waals surface area contributed by atoms with Gasteiger partial charge in [0.2, 0.25) is 31.3 Å². The predicted octanol–water partition coefficient (Wildman–Crippen LogP) is 1.76. The number of aromatic nitrogens is 2. The Hall–Kier alpha value is -2.47. The highest BCUT2D eigenvalue weighted by Crippen LogP contribution is 2.30. The van der Waals surface area contributed by atoms with Crippen LogP contribution in [0.4, 0.5) is 9.93 Å². The number of likely N-dealkylation sites (N-methyl/N-ethyl adjacent to an activating group) is 1.